The lowest BCUT2D eigenvalue weighted by Gasteiger charge is -2.36. The SMILES string of the molecule is O=C(NCC(=O)N1CC[C@H](NC2CCC(O)(c3ncc(C(=O)N4CCCC4)s3)CC2)C1)c1cccc(C(F)(F)F)c1. The maximum Gasteiger partial charge on any atom is 0.416 e. The van der Waals surface area contributed by atoms with Gasteiger partial charge in [0, 0.05) is 43.8 Å². The highest BCUT2D eigenvalue weighted by molar-refractivity contribution is 7.13. The van der Waals surface area contributed by atoms with Gasteiger partial charge in [0.2, 0.25) is 5.91 Å². The van der Waals surface area contributed by atoms with Crippen LogP contribution in [-0.4, -0.2) is 82.4 Å². The zero-order valence-electron chi connectivity index (χ0n) is 22.6. The van der Waals surface area contributed by atoms with Gasteiger partial charge in [-0.1, -0.05) is 6.07 Å². The van der Waals surface area contributed by atoms with Gasteiger partial charge in [-0.2, -0.15) is 13.2 Å². The van der Waals surface area contributed by atoms with Crippen molar-refractivity contribution in [2.24, 2.45) is 0 Å². The summed E-state index contributed by atoms with van der Waals surface area (Å²) < 4.78 is 38.8. The third-order valence-electron chi connectivity index (χ3n) is 8.19. The van der Waals surface area contributed by atoms with Gasteiger partial charge in [-0.3, -0.25) is 14.4 Å². The first-order valence-electron chi connectivity index (χ1n) is 14.0. The fraction of sp³-hybridized carbons (Fsp3) is 0.571. The highest BCUT2D eigenvalue weighted by atomic mass is 32.1. The lowest BCUT2D eigenvalue weighted by atomic mass is 9.82. The Morgan fingerprint density at radius 2 is 1.78 bits per heavy atom. The van der Waals surface area contributed by atoms with Crippen LogP contribution in [0.3, 0.4) is 0 Å². The number of hydrogen-bond acceptors (Lipinski definition) is 7. The number of rotatable bonds is 7. The summed E-state index contributed by atoms with van der Waals surface area (Å²) in [4.78, 5) is 46.1. The highest BCUT2D eigenvalue weighted by Gasteiger charge is 2.39. The van der Waals surface area contributed by atoms with Crippen LogP contribution in [0.2, 0.25) is 0 Å². The van der Waals surface area contributed by atoms with Crippen molar-refractivity contribution >= 4 is 29.1 Å². The Morgan fingerprint density at radius 3 is 2.49 bits per heavy atom. The summed E-state index contributed by atoms with van der Waals surface area (Å²) in [7, 11) is 0. The van der Waals surface area contributed by atoms with Crippen LogP contribution in [0, 0.1) is 0 Å². The summed E-state index contributed by atoms with van der Waals surface area (Å²) in [5.41, 5.74) is -2.13. The minimum Gasteiger partial charge on any atom is -0.383 e. The molecule has 3 aliphatic rings. The second-order valence-electron chi connectivity index (χ2n) is 11.1. The Balaban J connectivity index is 1.06. The number of likely N-dealkylation sites (tertiary alicyclic amines) is 2. The molecule has 1 aromatic carbocycles. The quantitative estimate of drug-likeness (QED) is 0.455. The molecule has 0 spiro atoms. The lowest BCUT2D eigenvalue weighted by molar-refractivity contribution is -0.137. The molecule has 41 heavy (non-hydrogen) atoms. The molecule has 9 nitrogen and oxygen atoms in total. The van der Waals surface area contributed by atoms with E-state index in [4.69, 9.17) is 0 Å². The molecule has 2 aromatic rings. The fourth-order valence-electron chi connectivity index (χ4n) is 5.80. The number of carbonyl (C=O) groups excluding carboxylic acids is 3. The molecule has 0 bridgehead atoms. The first kappa shape index (κ1) is 29.5. The van der Waals surface area contributed by atoms with E-state index < -0.39 is 23.2 Å². The Morgan fingerprint density at radius 1 is 1.05 bits per heavy atom. The van der Waals surface area contributed by atoms with Crippen LogP contribution < -0.4 is 10.6 Å². The second kappa shape index (κ2) is 12.1. The summed E-state index contributed by atoms with van der Waals surface area (Å²) in [5.74, 6) is -1.04. The molecule has 1 aromatic heterocycles. The minimum absolute atomic E-state index is 0.0132. The van der Waals surface area contributed by atoms with E-state index in [0.717, 1.165) is 63.4 Å². The van der Waals surface area contributed by atoms with Gasteiger partial charge < -0.3 is 25.5 Å². The number of amides is 3. The molecular weight excluding hydrogens is 559 g/mol. The molecular formula is C28H34F3N5O4S. The third kappa shape index (κ3) is 6.90. The minimum atomic E-state index is -4.56. The predicted molar refractivity (Wildman–Crippen MR) is 145 cm³/mol. The maximum atomic E-state index is 12.9. The molecule has 0 radical (unpaired) electrons. The molecule has 0 unspecified atom stereocenters. The topological polar surface area (TPSA) is 115 Å². The smallest absolute Gasteiger partial charge is 0.383 e. The normalized spacial score (nSPS) is 25.0. The van der Waals surface area contributed by atoms with E-state index in [0.29, 0.717) is 35.8 Å². The van der Waals surface area contributed by atoms with Gasteiger partial charge in [0.05, 0.1) is 18.3 Å². The van der Waals surface area contributed by atoms with Gasteiger partial charge in [0.1, 0.15) is 15.5 Å². The molecule has 3 heterocycles. The first-order valence-corrected chi connectivity index (χ1v) is 14.8. The zero-order chi connectivity index (χ0) is 29.2. The van der Waals surface area contributed by atoms with Crippen LogP contribution in [0.1, 0.15) is 75.5 Å². The lowest BCUT2D eigenvalue weighted by Crippen LogP contribution is -2.46. The summed E-state index contributed by atoms with van der Waals surface area (Å²) >= 11 is 1.28. The molecule has 1 atom stereocenters. The van der Waals surface area contributed by atoms with E-state index >= 15 is 0 Å². The Labute approximate surface area is 240 Å². The second-order valence-corrected chi connectivity index (χ2v) is 12.1. The molecule has 13 heteroatoms. The monoisotopic (exact) mass is 593 g/mol. The zero-order valence-corrected chi connectivity index (χ0v) is 23.4. The summed E-state index contributed by atoms with van der Waals surface area (Å²) in [5, 5.41) is 17.9. The molecule has 2 aliphatic heterocycles. The standard InChI is InChI=1S/C28H34F3N5O4S/c29-28(30,31)19-5-3-4-18(14-19)24(38)32-16-23(37)36-13-8-21(17-36)34-20-6-9-27(40,10-7-20)26-33-15-22(41-26)25(39)35-11-1-2-12-35/h3-5,14-15,20-21,34,40H,1-2,6-13,16-17H2,(H,32,38)/t20?,21-,27?/m0/s1. The summed E-state index contributed by atoms with van der Waals surface area (Å²) in [6, 6.07) is 4.33. The van der Waals surface area contributed by atoms with Crippen LogP contribution in [-0.2, 0) is 16.6 Å². The van der Waals surface area contributed by atoms with Gasteiger partial charge in [-0.25, -0.2) is 4.98 Å². The van der Waals surface area contributed by atoms with Crippen molar-refractivity contribution in [1.82, 2.24) is 25.4 Å². The van der Waals surface area contributed by atoms with Crippen molar-refractivity contribution in [2.75, 3.05) is 32.7 Å². The van der Waals surface area contributed by atoms with Gasteiger partial charge in [0.15, 0.2) is 0 Å². The number of nitrogens with one attached hydrogen (secondary N) is 2. The molecule has 2 saturated heterocycles. The van der Waals surface area contributed by atoms with E-state index in [1.165, 1.54) is 17.4 Å². The van der Waals surface area contributed by atoms with Crippen LogP contribution in [0.25, 0.3) is 0 Å². The summed E-state index contributed by atoms with van der Waals surface area (Å²) in [6.45, 7) is 2.21. The molecule has 1 aliphatic carbocycles. The molecule has 5 rings (SSSR count). The largest absolute Gasteiger partial charge is 0.416 e. The van der Waals surface area contributed by atoms with Crippen molar-refractivity contribution < 1.29 is 32.7 Å². The third-order valence-corrected chi connectivity index (χ3v) is 9.36. The number of aliphatic hydroxyl groups is 1. The van der Waals surface area contributed by atoms with Gasteiger partial charge >= 0.3 is 6.18 Å². The Bertz CT molecular complexity index is 1270. The van der Waals surface area contributed by atoms with Crippen molar-refractivity contribution in [1.29, 1.82) is 0 Å². The predicted octanol–water partition coefficient (Wildman–Crippen LogP) is 3.15. The van der Waals surface area contributed by atoms with E-state index in [1.54, 1.807) is 11.1 Å². The van der Waals surface area contributed by atoms with Crippen LogP contribution in [0.4, 0.5) is 13.2 Å². The van der Waals surface area contributed by atoms with Gasteiger partial charge in [-0.15, -0.1) is 11.3 Å². The van der Waals surface area contributed by atoms with Crippen molar-refractivity contribution in [3.8, 4) is 0 Å². The number of nitrogens with zero attached hydrogens (tertiary/aromatic N) is 3. The average Bonchev–Trinajstić information content (AvgIpc) is 3.75. The van der Waals surface area contributed by atoms with Gasteiger partial charge in [0.25, 0.3) is 11.8 Å². The fourth-order valence-corrected chi connectivity index (χ4v) is 6.83. The van der Waals surface area contributed by atoms with Crippen LogP contribution >= 0.6 is 11.3 Å². The number of benzene rings is 1. The highest BCUT2D eigenvalue weighted by Crippen LogP contribution is 2.39. The number of carbonyl (C=O) groups is 3. The van der Waals surface area contributed by atoms with Gasteiger partial charge in [-0.05, 0) is 63.1 Å². The molecule has 222 valence electrons. The maximum absolute atomic E-state index is 12.9. The molecule has 3 N–H and O–H groups in total. The van der Waals surface area contributed by atoms with Crippen molar-refractivity contribution in [3.05, 3.63) is 51.5 Å². The van der Waals surface area contributed by atoms with E-state index in [9.17, 15) is 32.7 Å². The number of alkyl halides is 3. The van der Waals surface area contributed by atoms with Crippen molar-refractivity contribution in [3.63, 3.8) is 0 Å². The van der Waals surface area contributed by atoms with E-state index in [-0.39, 0.29) is 36.0 Å². The average molecular weight is 594 g/mol. The number of halogens is 3. The van der Waals surface area contributed by atoms with E-state index in [2.05, 4.69) is 15.6 Å². The Kier molecular flexibility index (Phi) is 8.67. The van der Waals surface area contributed by atoms with Crippen LogP contribution in [0.5, 0.6) is 0 Å². The molecule has 1 saturated carbocycles. The molecule has 3 fully saturated rings. The first-order chi connectivity index (χ1) is 19.5. The summed E-state index contributed by atoms with van der Waals surface area (Å²) in [6.07, 6.45) is 2.28. The molecule has 3 amide bonds. The van der Waals surface area contributed by atoms with Crippen molar-refractivity contribution in [2.45, 2.75) is 68.8 Å². The van der Waals surface area contributed by atoms with E-state index in [1.807, 2.05) is 4.90 Å². The number of hydrogen-bond donors (Lipinski definition) is 3. The number of thiazole rings is 1. The van der Waals surface area contributed by atoms with Crippen LogP contribution in [0.15, 0.2) is 30.5 Å². The Hall–Kier alpha value is -3.03. The number of aromatic nitrogens is 1.